The highest BCUT2D eigenvalue weighted by molar-refractivity contribution is 8.02. The van der Waals surface area contributed by atoms with Crippen LogP contribution >= 0.6 is 23.3 Å². The first kappa shape index (κ1) is 21.5. The number of hydrogen-bond donors (Lipinski definition) is 1. The molecule has 0 saturated carbocycles. The average Bonchev–Trinajstić information content (AvgIpc) is 3.42. The molecule has 0 saturated heterocycles. The Bertz CT molecular complexity index is 1100. The van der Waals surface area contributed by atoms with Crippen LogP contribution in [0.4, 0.5) is 5.69 Å². The number of hydrogen-bond acceptors (Lipinski definition) is 8. The van der Waals surface area contributed by atoms with E-state index in [4.69, 9.17) is 14.2 Å². The second kappa shape index (κ2) is 9.62. The van der Waals surface area contributed by atoms with Crippen molar-refractivity contribution in [2.75, 3.05) is 18.9 Å². The first-order valence-corrected chi connectivity index (χ1v) is 11.7. The van der Waals surface area contributed by atoms with E-state index in [1.165, 1.54) is 43.7 Å². The standard InChI is InChI=1S/C23H24N2O4S2/c1-14-13-30-23(24-14)31-25-19-10-16-5-4-6-17(16)11-21(19)29-12-15-7-8-18(22(26)28-3)20(9-15)27-2/h7-11,13,25H,4-6,12H2,1-3H3. The Hall–Kier alpha value is -2.71. The van der Waals surface area contributed by atoms with Gasteiger partial charge in [-0.25, -0.2) is 9.78 Å². The molecule has 0 bridgehead atoms. The van der Waals surface area contributed by atoms with E-state index in [0.29, 0.717) is 17.9 Å². The van der Waals surface area contributed by atoms with Crippen LogP contribution in [0.2, 0.25) is 0 Å². The van der Waals surface area contributed by atoms with Crippen molar-refractivity contribution in [1.82, 2.24) is 4.98 Å². The Morgan fingerprint density at radius 1 is 1.16 bits per heavy atom. The summed E-state index contributed by atoms with van der Waals surface area (Å²) in [5.74, 6) is 0.844. The molecule has 1 heterocycles. The Labute approximate surface area is 190 Å². The van der Waals surface area contributed by atoms with Crippen molar-refractivity contribution in [3.05, 3.63) is 63.7 Å². The summed E-state index contributed by atoms with van der Waals surface area (Å²) in [5, 5.41) is 2.04. The molecular weight excluding hydrogens is 432 g/mol. The monoisotopic (exact) mass is 456 g/mol. The molecule has 0 amide bonds. The van der Waals surface area contributed by atoms with Gasteiger partial charge in [0.05, 0.1) is 19.9 Å². The van der Waals surface area contributed by atoms with Gasteiger partial charge in [-0.15, -0.1) is 11.3 Å². The molecule has 1 aliphatic carbocycles. The number of methoxy groups -OCH3 is 2. The summed E-state index contributed by atoms with van der Waals surface area (Å²) in [6.07, 6.45) is 3.34. The van der Waals surface area contributed by atoms with Crippen LogP contribution in [0.3, 0.4) is 0 Å². The molecule has 1 aliphatic rings. The minimum atomic E-state index is -0.427. The quantitative estimate of drug-likeness (QED) is 0.358. The molecule has 4 rings (SSSR count). The molecule has 1 aromatic heterocycles. The summed E-state index contributed by atoms with van der Waals surface area (Å²) < 4.78 is 20.7. The number of carbonyl (C=O) groups is 1. The number of rotatable bonds is 8. The molecule has 3 aromatic rings. The van der Waals surface area contributed by atoms with Gasteiger partial charge in [-0.2, -0.15) is 0 Å². The van der Waals surface area contributed by atoms with Crippen LogP contribution in [0.15, 0.2) is 40.1 Å². The van der Waals surface area contributed by atoms with Crippen LogP contribution in [0.1, 0.15) is 39.2 Å². The van der Waals surface area contributed by atoms with Crippen molar-refractivity contribution in [1.29, 1.82) is 0 Å². The molecular formula is C23H24N2O4S2. The van der Waals surface area contributed by atoms with Gasteiger partial charge >= 0.3 is 5.97 Å². The number of nitrogens with zero attached hydrogens (tertiary/aromatic N) is 1. The lowest BCUT2D eigenvalue weighted by Crippen LogP contribution is -2.06. The molecule has 162 valence electrons. The third kappa shape index (κ3) is 4.97. The highest BCUT2D eigenvalue weighted by Crippen LogP contribution is 2.37. The van der Waals surface area contributed by atoms with Gasteiger partial charge in [-0.3, -0.25) is 0 Å². The highest BCUT2D eigenvalue weighted by atomic mass is 32.2. The number of thiazole rings is 1. The van der Waals surface area contributed by atoms with Crippen molar-refractivity contribution in [3.8, 4) is 11.5 Å². The van der Waals surface area contributed by atoms with Crippen molar-refractivity contribution in [2.24, 2.45) is 0 Å². The van der Waals surface area contributed by atoms with E-state index >= 15 is 0 Å². The normalized spacial score (nSPS) is 12.4. The first-order chi connectivity index (χ1) is 15.1. The van der Waals surface area contributed by atoms with Crippen molar-refractivity contribution in [2.45, 2.75) is 37.1 Å². The van der Waals surface area contributed by atoms with E-state index in [2.05, 4.69) is 21.8 Å². The van der Waals surface area contributed by atoms with Crippen LogP contribution in [0.5, 0.6) is 11.5 Å². The number of aromatic nitrogens is 1. The Kier molecular flexibility index (Phi) is 6.67. The highest BCUT2D eigenvalue weighted by Gasteiger charge is 2.17. The van der Waals surface area contributed by atoms with Crippen molar-refractivity contribution < 1.29 is 19.0 Å². The van der Waals surface area contributed by atoms with Gasteiger partial charge in [0.2, 0.25) is 0 Å². The predicted molar refractivity (Wildman–Crippen MR) is 123 cm³/mol. The zero-order valence-electron chi connectivity index (χ0n) is 17.7. The average molecular weight is 457 g/mol. The molecule has 0 aliphatic heterocycles. The van der Waals surface area contributed by atoms with E-state index in [-0.39, 0.29) is 0 Å². The SMILES string of the molecule is COC(=O)c1ccc(COc2cc3c(cc2NSc2nc(C)cs2)CCC3)cc1OC. The topological polar surface area (TPSA) is 69.7 Å². The lowest BCUT2D eigenvalue weighted by molar-refractivity contribution is 0.0597. The number of fused-ring (bicyclic) bond motifs is 1. The second-order valence-corrected chi connectivity index (χ2v) is 9.16. The van der Waals surface area contributed by atoms with Gasteiger partial charge in [-0.1, -0.05) is 6.07 Å². The Balaban J connectivity index is 1.52. The molecule has 1 N–H and O–H groups in total. The third-order valence-corrected chi connectivity index (χ3v) is 6.98. The maximum absolute atomic E-state index is 11.9. The van der Waals surface area contributed by atoms with Crippen LogP contribution < -0.4 is 14.2 Å². The molecule has 0 spiro atoms. The Morgan fingerprint density at radius 2 is 1.97 bits per heavy atom. The molecule has 0 unspecified atom stereocenters. The van der Waals surface area contributed by atoms with Gasteiger partial charge in [0, 0.05) is 23.0 Å². The van der Waals surface area contributed by atoms with E-state index < -0.39 is 5.97 Å². The Morgan fingerprint density at radius 3 is 2.68 bits per heavy atom. The number of carbonyl (C=O) groups excluding carboxylic acids is 1. The number of benzene rings is 2. The fourth-order valence-electron chi connectivity index (χ4n) is 3.54. The first-order valence-electron chi connectivity index (χ1n) is 9.96. The van der Waals surface area contributed by atoms with Crippen molar-refractivity contribution >= 4 is 34.9 Å². The summed E-state index contributed by atoms with van der Waals surface area (Å²) in [6.45, 7) is 2.34. The molecule has 8 heteroatoms. The fraction of sp³-hybridized carbons (Fsp3) is 0.304. The number of nitrogens with one attached hydrogen (secondary N) is 1. The number of anilines is 1. The van der Waals surface area contributed by atoms with E-state index in [1.54, 1.807) is 23.5 Å². The van der Waals surface area contributed by atoms with E-state index in [1.807, 2.05) is 18.4 Å². The third-order valence-electron chi connectivity index (χ3n) is 5.11. The maximum atomic E-state index is 11.9. The summed E-state index contributed by atoms with van der Waals surface area (Å²) in [4.78, 5) is 16.4. The zero-order chi connectivity index (χ0) is 21.8. The molecule has 0 fully saturated rings. The van der Waals surface area contributed by atoms with Crippen LogP contribution in [-0.2, 0) is 24.2 Å². The van der Waals surface area contributed by atoms with Crippen LogP contribution in [0.25, 0.3) is 0 Å². The predicted octanol–water partition coefficient (Wildman–Crippen LogP) is 5.43. The van der Waals surface area contributed by atoms with E-state index in [0.717, 1.165) is 39.9 Å². The summed E-state index contributed by atoms with van der Waals surface area (Å²) >= 11 is 3.11. The number of esters is 1. The molecule has 0 radical (unpaired) electrons. The zero-order valence-corrected chi connectivity index (χ0v) is 19.3. The van der Waals surface area contributed by atoms with Crippen LogP contribution in [0, 0.1) is 6.92 Å². The molecule has 2 aromatic carbocycles. The minimum Gasteiger partial charge on any atom is -0.496 e. The maximum Gasteiger partial charge on any atom is 0.341 e. The van der Waals surface area contributed by atoms with Gasteiger partial charge in [-0.05, 0) is 67.1 Å². The van der Waals surface area contributed by atoms with Gasteiger partial charge in [0.15, 0.2) is 4.34 Å². The van der Waals surface area contributed by atoms with Crippen LogP contribution in [-0.4, -0.2) is 25.2 Å². The summed E-state index contributed by atoms with van der Waals surface area (Å²) in [7, 11) is 2.89. The lowest BCUT2D eigenvalue weighted by atomic mass is 10.1. The largest absolute Gasteiger partial charge is 0.496 e. The van der Waals surface area contributed by atoms with Gasteiger partial charge < -0.3 is 18.9 Å². The second-order valence-electron chi connectivity index (χ2n) is 7.24. The molecule has 6 nitrogen and oxygen atoms in total. The molecule has 0 atom stereocenters. The van der Waals surface area contributed by atoms with Crippen molar-refractivity contribution in [3.63, 3.8) is 0 Å². The summed E-state index contributed by atoms with van der Waals surface area (Å²) in [5.41, 5.74) is 5.97. The van der Waals surface area contributed by atoms with Gasteiger partial charge in [0.25, 0.3) is 0 Å². The minimum absolute atomic E-state index is 0.353. The number of aryl methyl sites for hydroxylation is 3. The fourth-order valence-corrected chi connectivity index (χ4v) is 5.07. The smallest absolute Gasteiger partial charge is 0.341 e. The lowest BCUT2D eigenvalue weighted by Gasteiger charge is -2.15. The summed E-state index contributed by atoms with van der Waals surface area (Å²) in [6, 6.07) is 9.68. The number of ether oxygens (including phenoxy) is 3. The van der Waals surface area contributed by atoms with Gasteiger partial charge in [0.1, 0.15) is 23.7 Å². The van der Waals surface area contributed by atoms with E-state index in [9.17, 15) is 4.79 Å². The molecule has 31 heavy (non-hydrogen) atoms.